The van der Waals surface area contributed by atoms with Crippen molar-refractivity contribution in [2.24, 2.45) is 11.8 Å². The second kappa shape index (κ2) is 7.81. The van der Waals surface area contributed by atoms with E-state index in [1.807, 2.05) is 20.8 Å². The molecule has 6 heteroatoms. The van der Waals surface area contributed by atoms with Crippen molar-refractivity contribution in [3.05, 3.63) is 23.4 Å². The number of aryl methyl sites for hydroxylation is 1. The SMILES string of the molecule is CCc1cc(C(=O)NC(COC)C(C)C)cc(NN)n1. The lowest BCUT2D eigenvalue weighted by atomic mass is 10.0. The summed E-state index contributed by atoms with van der Waals surface area (Å²) in [4.78, 5) is 16.6. The number of nitrogens with two attached hydrogens (primary N) is 1. The zero-order chi connectivity index (χ0) is 15.1. The van der Waals surface area contributed by atoms with Gasteiger partial charge in [-0.05, 0) is 24.5 Å². The molecule has 0 aromatic carbocycles. The number of methoxy groups -OCH3 is 1. The minimum atomic E-state index is -0.144. The molecule has 0 spiro atoms. The van der Waals surface area contributed by atoms with E-state index in [1.165, 1.54) is 0 Å². The highest BCUT2D eigenvalue weighted by Gasteiger charge is 2.18. The molecule has 112 valence electrons. The van der Waals surface area contributed by atoms with Crippen LogP contribution < -0.4 is 16.6 Å². The molecule has 6 nitrogen and oxygen atoms in total. The zero-order valence-electron chi connectivity index (χ0n) is 12.6. The second-order valence-corrected chi connectivity index (χ2v) is 5.01. The summed E-state index contributed by atoms with van der Waals surface area (Å²) < 4.78 is 5.13. The molecule has 1 atom stereocenters. The van der Waals surface area contributed by atoms with Gasteiger partial charge in [0.1, 0.15) is 5.82 Å². The third-order valence-corrected chi connectivity index (χ3v) is 3.12. The molecule has 0 aliphatic heterocycles. The van der Waals surface area contributed by atoms with Gasteiger partial charge in [-0.15, -0.1) is 0 Å². The lowest BCUT2D eigenvalue weighted by Crippen LogP contribution is -2.41. The summed E-state index contributed by atoms with van der Waals surface area (Å²) >= 11 is 0. The second-order valence-electron chi connectivity index (χ2n) is 5.01. The quantitative estimate of drug-likeness (QED) is 0.518. The Kier molecular flexibility index (Phi) is 6.41. The van der Waals surface area contributed by atoms with Gasteiger partial charge in [0, 0.05) is 18.4 Å². The molecule has 4 N–H and O–H groups in total. The van der Waals surface area contributed by atoms with E-state index in [-0.39, 0.29) is 11.9 Å². The normalized spacial score (nSPS) is 12.3. The molecular formula is C14H24N4O2. The smallest absolute Gasteiger partial charge is 0.251 e. The predicted octanol–water partition coefficient (Wildman–Crippen LogP) is 1.33. The highest BCUT2D eigenvalue weighted by molar-refractivity contribution is 5.95. The summed E-state index contributed by atoms with van der Waals surface area (Å²) in [5, 5.41) is 2.98. The predicted molar refractivity (Wildman–Crippen MR) is 79.4 cm³/mol. The Balaban J connectivity index is 2.90. The monoisotopic (exact) mass is 280 g/mol. The van der Waals surface area contributed by atoms with Crippen LogP contribution >= 0.6 is 0 Å². The lowest BCUT2D eigenvalue weighted by molar-refractivity contribution is 0.0866. The zero-order valence-corrected chi connectivity index (χ0v) is 12.6. The van der Waals surface area contributed by atoms with Gasteiger partial charge in [-0.2, -0.15) is 0 Å². The van der Waals surface area contributed by atoms with Crippen molar-refractivity contribution in [3.8, 4) is 0 Å². The minimum absolute atomic E-state index is 0.0278. The molecule has 1 unspecified atom stereocenters. The van der Waals surface area contributed by atoms with Crippen LogP contribution in [0.3, 0.4) is 0 Å². The van der Waals surface area contributed by atoms with Gasteiger partial charge in [-0.1, -0.05) is 20.8 Å². The highest BCUT2D eigenvalue weighted by Crippen LogP contribution is 2.11. The summed E-state index contributed by atoms with van der Waals surface area (Å²) in [6, 6.07) is 3.39. The number of nitrogens with one attached hydrogen (secondary N) is 2. The van der Waals surface area contributed by atoms with Gasteiger partial charge in [0.05, 0.1) is 12.6 Å². The first kappa shape index (κ1) is 16.4. The van der Waals surface area contributed by atoms with Crippen LogP contribution in [0.25, 0.3) is 0 Å². The number of hydrogen-bond acceptors (Lipinski definition) is 5. The molecule has 0 radical (unpaired) electrons. The third-order valence-electron chi connectivity index (χ3n) is 3.12. The van der Waals surface area contributed by atoms with Crippen LogP contribution in [0.15, 0.2) is 12.1 Å². The van der Waals surface area contributed by atoms with Crippen LogP contribution in [0.2, 0.25) is 0 Å². The van der Waals surface area contributed by atoms with Gasteiger partial charge in [0.2, 0.25) is 0 Å². The molecule has 0 fully saturated rings. The molecule has 0 bridgehead atoms. The molecule has 1 aromatic heterocycles. The molecule has 0 aliphatic carbocycles. The number of hydrazine groups is 1. The average molecular weight is 280 g/mol. The Morgan fingerprint density at radius 1 is 1.45 bits per heavy atom. The summed E-state index contributed by atoms with van der Waals surface area (Å²) in [5.74, 6) is 6.01. The van der Waals surface area contributed by atoms with Gasteiger partial charge in [-0.3, -0.25) is 4.79 Å². The van der Waals surface area contributed by atoms with Crippen LogP contribution in [0.1, 0.15) is 36.8 Å². The van der Waals surface area contributed by atoms with E-state index in [2.05, 4.69) is 15.7 Å². The fourth-order valence-electron chi connectivity index (χ4n) is 1.81. The molecule has 1 heterocycles. The van der Waals surface area contributed by atoms with E-state index < -0.39 is 0 Å². The topological polar surface area (TPSA) is 89.3 Å². The van der Waals surface area contributed by atoms with Gasteiger partial charge < -0.3 is 15.5 Å². The first-order valence-electron chi connectivity index (χ1n) is 6.79. The number of nitrogens with zero attached hydrogens (tertiary/aromatic N) is 1. The van der Waals surface area contributed by atoms with Crippen LogP contribution in [-0.4, -0.2) is 30.6 Å². The maximum atomic E-state index is 12.3. The maximum absolute atomic E-state index is 12.3. The average Bonchev–Trinajstić information content (AvgIpc) is 2.45. The minimum Gasteiger partial charge on any atom is -0.383 e. The number of amides is 1. The number of carbonyl (C=O) groups excluding carboxylic acids is 1. The number of rotatable bonds is 7. The van der Waals surface area contributed by atoms with E-state index in [0.717, 1.165) is 12.1 Å². The highest BCUT2D eigenvalue weighted by atomic mass is 16.5. The van der Waals surface area contributed by atoms with Crippen LogP contribution in [0.4, 0.5) is 5.82 Å². The number of nitrogen functional groups attached to an aromatic ring is 1. The maximum Gasteiger partial charge on any atom is 0.251 e. The van der Waals surface area contributed by atoms with Crippen LogP contribution in [-0.2, 0) is 11.2 Å². The van der Waals surface area contributed by atoms with Crippen LogP contribution in [0, 0.1) is 5.92 Å². The number of hydrogen-bond donors (Lipinski definition) is 3. The van der Waals surface area contributed by atoms with Crippen molar-refractivity contribution >= 4 is 11.7 Å². The molecule has 20 heavy (non-hydrogen) atoms. The summed E-state index contributed by atoms with van der Waals surface area (Å²) in [6.07, 6.45) is 0.738. The van der Waals surface area contributed by atoms with E-state index in [9.17, 15) is 4.79 Å². The Morgan fingerprint density at radius 2 is 2.15 bits per heavy atom. The summed E-state index contributed by atoms with van der Waals surface area (Å²) in [5.41, 5.74) is 3.85. The van der Waals surface area contributed by atoms with Crippen molar-refractivity contribution in [1.82, 2.24) is 10.3 Å². The Morgan fingerprint density at radius 3 is 2.65 bits per heavy atom. The molecule has 0 aliphatic rings. The van der Waals surface area contributed by atoms with Crippen molar-refractivity contribution in [3.63, 3.8) is 0 Å². The molecule has 1 aromatic rings. The molecule has 0 saturated carbocycles. The van der Waals surface area contributed by atoms with Crippen molar-refractivity contribution in [1.29, 1.82) is 0 Å². The number of aromatic nitrogens is 1. The van der Waals surface area contributed by atoms with E-state index in [4.69, 9.17) is 10.6 Å². The lowest BCUT2D eigenvalue weighted by Gasteiger charge is -2.21. The van der Waals surface area contributed by atoms with Crippen molar-refractivity contribution in [2.75, 3.05) is 19.1 Å². The first-order valence-corrected chi connectivity index (χ1v) is 6.79. The van der Waals surface area contributed by atoms with Crippen molar-refractivity contribution in [2.45, 2.75) is 33.2 Å². The fraction of sp³-hybridized carbons (Fsp3) is 0.571. The van der Waals surface area contributed by atoms with Gasteiger partial charge >= 0.3 is 0 Å². The number of pyridine rings is 1. The first-order chi connectivity index (χ1) is 9.51. The largest absolute Gasteiger partial charge is 0.383 e. The van der Waals surface area contributed by atoms with Gasteiger partial charge in [0.25, 0.3) is 5.91 Å². The number of ether oxygens (including phenoxy) is 1. The Hall–Kier alpha value is -1.66. The molecule has 1 amide bonds. The molecular weight excluding hydrogens is 256 g/mol. The van der Waals surface area contributed by atoms with Gasteiger partial charge in [-0.25, -0.2) is 10.8 Å². The Labute approximate surface area is 120 Å². The summed E-state index contributed by atoms with van der Waals surface area (Å²) in [7, 11) is 1.62. The number of anilines is 1. The van der Waals surface area contributed by atoms with E-state index in [1.54, 1.807) is 19.2 Å². The van der Waals surface area contributed by atoms with Crippen molar-refractivity contribution < 1.29 is 9.53 Å². The third kappa shape index (κ3) is 4.47. The Bertz CT molecular complexity index is 427. The van der Waals surface area contributed by atoms with Crippen LogP contribution in [0.5, 0.6) is 0 Å². The molecule has 1 rings (SSSR count). The number of carbonyl (C=O) groups is 1. The van der Waals surface area contributed by atoms with E-state index >= 15 is 0 Å². The standard InChI is InChI=1S/C14H24N4O2/c1-5-11-6-10(7-13(16-11)18-15)14(19)17-12(8-20-4)9(2)3/h6-7,9,12H,5,8,15H2,1-4H3,(H,16,18)(H,17,19). The summed E-state index contributed by atoms with van der Waals surface area (Å²) in [6.45, 7) is 6.55. The van der Waals surface area contributed by atoms with Gasteiger partial charge in [0.15, 0.2) is 0 Å². The molecule has 0 saturated heterocycles. The van der Waals surface area contributed by atoms with E-state index in [0.29, 0.717) is 23.9 Å². The fourth-order valence-corrected chi connectivity index (χ4v) is 1.81.